The van der Waals surface area contributed by atoms with E-state index in [2.05, 4.69) is 34.1 Å². The van der Waals surface area contributed by atoms with E-state index in [1.807, 2.05) is 6.92 Å². The zero-order valence-electron chi connectivity index (χ0n) is 18.0. The molecule has 6 nitrogen and oxygen atoms in total. The Labute approximate surface area is 176 Å². The number of piperazine rings is 1. The minimum atomic E-state index is -4.36. The lowest BCUT2D eigenvalue weighted by molar-refractivity contribution is -0.137. The molecular weight excluding hydrogens is 395 g/mol. The monoisotopic (exact) mass is 427 g/mol. The highest BCUT2D eigenvalue weighted by atomic mass is 19.4. The van der Waals surface area contributed by atoms with E-state index in [-0.39, 0.29) is 0 Å². The number of benzene rings is 1. The van der Waals surface area contributed by atoms with Gasteiger partial charge in [0.05, 0.1) is 25.3 Å². The van der Waals surface area contributed by atoms with Crippen LogP contribution in [-0.4, -0.2) is 93.2 Å². The van der Waals surface area contributed by atoms with Crippen LogP contribution in [0.25, 0.3) is 0 Å². The Morgan fingerprint density at radius 2 is 2.00 bits per heavy atom. The van der Waals surface area contributed by atoms with Crippen LogP contribution < -0.4 is 5.32 Å². The average Bonchev–Trinajstić information content (AvgIpc) is 2.73. The van der Waals surface area contributed by atoms with Crippen molar-refractivity contribution in [2.75, 3.05) is 66.5 Å². The molecule has 0 amide bonds. The summed E-state index contributed by atoms with van der Waals surface area (Å²) < 4.78 is 45.1. The van der Waals surface area contributed by atoms with Crippen LogP contribution in [0.2, 0.25) is 0 Å². The Kier molecular flexibility index (Phi) is 7.60. The van der Waals surface area contributed by atoms with Crippen molar-refractivity contribution in [3.63, 3.8) is 0 Å². The van der Waals surface area contributed by atoms with Gasteiger partial charge >= 0.3 is 6.18 Å². The molecule has 2 heterocycles. The van der Waals surface area contributed by atoms with Gasteiger partial charge in [0.1, 0.15) is 6.10 Å². The third-order valence-corrected chi connectivity index (χ3v) is 5.72. The number of hydrogen-bond donors (Lipinski definition) is 1. The number of ether oxygens (including phenoxy) is 1. The Hall–Kier alpha value is -1.84. The van der Waals surface area contributed by atoms with Crippen molar-refractivity contribution < 1.29 is 17.9 Å². The average molecular weight is 428 g/mol. The number of guanidine groups is 1. The molecule has 9 heteroatoms. The van der Waals surface area contributed by atoms with Crippen molar-refractivity contribution in [2.45, 2.75) is 25.2 Å². The van der Waals surface area contributed by atoms with Gasteiger partial charge < -0.3 is 19.9 Å². The SMILES string of the molecule is CCNC(=NCC1CN(C)CCN1C)N1CCOC(c2cccc(C(F)(F)F)c2)C1. The highest BCUT2D eigenvalue weighted by Gasteiger charge is 2.32. The summed E-state index contributed by atoms with van der Waals surface area (Å²) in [5.74, 6) is 0.791. The molecule has 2 fully saturated rings. The standard InChI is InChI=1S/C21H32F3N5O/c1-4-25-20(26-13-18-14-27(2)8-9-28(18)3)29-10-11-30-19(15-29)16-6-5-7-17(12-16)21(22,23)24/h5-7,12,18-19H,4,8-11,13-15H2,1-3H3,(H,25,26). The fourth-order valence-electron chi connectivity index (χ4n) is 3.87. The van der Waals surface area contributed by atoms with E-state index < -0.39 is 17.8 Å². The van der Waals surface area contributed by atoms with Crippen LogP contribution in [-0.2, 0) is 10.9 Å². The fraction of sp³-hybridized carbons (Fsp3) is 0.667. The lowest BCUT2D eigenvalue weighted by atomic mass is 10.0. The van der Waals surface area contributed by atoms with Crippen molar-refractivity contribution in [3.8, 4) is 0 Å². The summed E-state index contributed by atoms with van der Waals surface area (Å²) in [6.07, 6.45) is -4.78. The zero-order valence-corrected chi connectivity index (χ0v) is 18.0. The maximum Gasteiger partial charge on any atom is 0.416 e. The first kappa shape index (κ1) is 22.8. The summed E-state index contributed by atoms with van der Waals surface area (Å²) in [5.41, 5.74) is -0.107. The molecule has 0 aromatic heterocycles. The van der Waals surface area contributed by atoms with E-state index in [4.69, 9.17) is 9.73 Å². The molecule has 0 radical (unpaired) electrons. The lowest BCUT2D eigenvalue weighted by Gasteiger charge is -2.38. The maximum atomic E-state index is 13.1. The first-order valence-corrected chi connectivity index (χ1v) is 10.5. The molecule has 168 valence electrons. The van der Waals surface area contributed by atoms with Crippen LogP contribution >= 0.6 is 0 Å². The minimum absolute atomic E-state index is 0.345. The number of rotatable bonds is 4. The summed E-state index contributed by atoms with van der Waals surface area (Å²) in [7, 11) is 4.25. The van der Waals surface area contributed by atoms with Crippen molar-refractivity contribution in [1.82, 2.24) is 20.0 Å². The van der Waals surface area contributed by atoms with Crippen LogP contribution in [0.15, 0.2) is 29.3 Å². The van der Waals surface area contributed by atoms with Crippen molar-refractivity contribution in [3.05, 3.63) is 35.4 Å². The molecule has 0 saturated carbocycles. The molecule has 2 saturated heterocycles. The zero-order chi connectivity index (χ0) is 21.7. The van der Waals surface area contributed by atoms with E-state index in [1.54, 1.807) is 6.07 Å². The van der Waals surface area contributed by atoms with Crippen LogP contribution in [0.4, 0.5) is 13.2 Å². The molecule has 30 heavy (non-hydrogen) atoms. The molecule has 1 aromatic rings. The summed E-state index contributed by atoms with van der Waals surface area (Å²) in [5, 5.41) is 3.33. The summed E-state index contributed by atoms with van der Waals surface area (Å²) in [6, 6.07) is 5.76. The first-order chi connectivity index (χ1) is 14.3. The second-order valence-corrected chi connectivity index (χ2v) is 8.02. The topological polar surface area (TPSA) is 43.3 Å². The molecule has 1 N–H and O–H groups in total. The Morgan fingerprint density at radius 3 is 2.73 bits per heavy atom. The predicted octanol–water partition coefficient (Wildman–Crippen LogP) is 2.29. The van der Waals surface area contributed by atoms with Crippen molar-refractivity contribution >= 4 is 5.96 Å². The number of aliphatic imine (C=N–C) groups is 1. The number of hydrogen-bond acceptors (Lipinski definition) is 4. The second kappa shape index (κ2) is 9.98. The molecule has 3 rings (SSSR count). The fourth-order valence-corrected chi connectivity index (χ4v) is 3.87. The van der Waals surface area contributed by atoms with Crippen LogP contribution in [0, 0.1) is 0 Å². The lowest BCUT2D eigenvalue weighted by Crippen LogP contribution is -2.52. The van der Waals surface area contributed by atoms with Gasteiger partial charge in [-0.15, -0.1) is 0 Å². The maximum absolute atomic E-state index is 13.1. The van der Waals surface area contributed by atoms with Gasteiger partial charge in [0.25, 0.3) is 0 Å². The Balaban J connectivity index is 1.71. The van der Waals surface area contributed by atoms with Crippen LogP contribution in [0.3, 0.4) is 0 Å². The van der Waals surface area contributed by atoms with Gasteiger partial charge in [-0.25, -0.2) is 0 Å². The van der Waals surface area contributed by atoms with Gasteiger partial charge in [-0.05, 0) is 38.7 Å². The van der Waals surface area contributed by atoms with Gasteiger partial charge in [0.15, 0.2) is 5.96 Å². The van der Waals surface area contributed by atoms with Gasteiger partial charge in [-0.3, -0.25) is 9.89 Å². The Morgan fingerprint density at radius 1 is 1.20 bits per heavy atom. The van der Waals surface area contributed by atoms with Gasteiger partial charge in [0.2, 0.25) is 0 Å². The van der Waals surface area contributed by atoms with E-state index in [0.717, 1.165) is 38.2 Å². The number of nitrogens with one attached hydrogen (secondary N) is 1. The Bertz CT molecular complexity index is 727. The molecule has 0 spiro atoms. The van der Waals surface area contributed by atoms with Crippen molar-refractivity contribution in [2.24, 2.45) is 4.99 Å². The van der Waals surface area contributed by atoms with E-state index in [0.29, 0.717) is 37.8 Å². The van der Waals surface area contributed by atoms with Crippen molar-refractivity contribution in [1.29, 1.82) is 0 Å². The number of nitrogens with zero attached hydrogens (tertiary/aromatic N) is 4. The smallest absolute Gasteiger partial charge is 0.370 e. The molecule has 2 atom stereocenters. The molecule has 2 unspecified atom stereocenters. The molecule has 0 aliphatic carbocycles. The van der Waals surface area contributed by atoms with E-state index >= 15 is 0 Å². The molecule has 2 aliphatic rings. The van der Waals surface area contributed by atoms with E-state index in [9.17, 15) is 13.2 Å². The van der Waals surface area contributed by atoms with E-state index in [1.165, 1.54) is 12.1 Å². The van der Waals surface area contributed by atoms with Gasteiger partial charge in [-0.1, -0.05) is 12.1 Å². The quantitative estimate of drug-likeness (QED) is 0.590. The van der Waals surface area contributed by atoms with Crippen LogP contribution in [0.1, 0.15) is 24.2 Å². The third kappa shape index (κ3) is 5.86. The first-order valence-electron chi connectivity index (χ1n) is 10.5. The number of morpholine rings is 1. The second-order valence-electron chi connectivity index (χ2n) is 8.02. The molecule has 2 aliphatic heterocycles. The van der Waals surface area contributed by atoms with Gasteiger partial charge in [-0.2, -0.15) is 13.2 Å². The highest BCUT2D eigenvalue weighted by Crippen LogP contribution is 2.32. The number of halogens is 3. The molecule has 0 bridgehead atoms. The predicted molar refractivity (Wildman–Crippen MR) is 112 cm³/mol. The number of likely N-dealkylation sites (N-methyl/N-ethyl adjacent to an activating group) is 2. The summed E-state index contributed by atoms with van der Waals surface area (Å²) in [6.45, 7) is 8.02. The summed E-state index contributed by atoms with van der Waals surface area (Å²) in [4.78, 5) is 11.6. The normalized spacial score (nSPS) is 24.9. The summed E-state index contributed by atoms with van der Waals surface area (Å²) >= 11 is 0. The minimum Gasteiger partial charge on any atom is -0.370 e. The molecular formula is C21H32F3N5O. The highest BCUT2D eigenvalue weighted by molar-refractivity contribution is 5.80. The largest absolute Gasteiger partial charge is 0.416 e. The molecule has 1 aromatic carbocycles. The number of alkyl halides is 3. The van der Waals surface area contributed by atoms with Gasteiger partial charge in [0, 0.05) is 38.8 Å². The third-order valence-electron chi connectivity index (χ3n) is 5.72. The van der Waals surface area contributed by atoms with Crippen LogP contribution in [0.5, 0.6) is 0 Å².